The van der Waals surface area contributed by atoms with Crippen molar-refractivity contribution in [3.8, 4) is 5.75 Å². The molecule has 0 aromatic heterocycles. The van der Waals surface area contributed by atoms with Gasteiger partial charge in [-0.3, -0.25) is 4.99 Å². The second-order valence-corrected chi connectivity index (χ2v) is 7.37. The van der Waals surface area contributed by atoms with Gasteiger partial charge in [-0.15, -0.1) is 0 Å². The lowest BCUT2D eigenvalue weighted by Gasteiger charge is -2.23. The molecule has 31 heavy (non-hydrogen) atoms. The van der Waals surface area contributed by atoms with Gasteiger partial charge >= 0.3 is 6.61 Å². The van der Waals surface area contributed by atoms with Crippen LogP contribution in [0.2, 0.25) is 0 Å². The van der Waals surface area contributed by atoms with E-state index in [0.29, 0.717) is 24.6 Å². The van der Waals surface area contributed by atoms with Crippen LogP contribution in [-0.4, -0.2) is 62.3 Å². The van der Waals surface area contributed by atoms with Gasteiger partial charge in [-0.05, 0) is 50.7 Å². The van der Waals surface area contributed by atoms with Crippen LogP contribution in [0.5, 0.6) is 5.75 Å². The number of benzene rings is 2. The number of hydrogen-bond acceptors (Lipinski definition) is 4. The van der Waals surface area contributed by atoms with E-state index >= 15 is 0 Å². The third-order valence-corrected chi connectivity index (χ3v) is 4.80. The van der Waals surface area contributed by atoms with Gasteiger partial charge in [0.25, 0.3) is 0 Å². The Kier molecular flexibility index (Phi) is 10.2. The van der Waals surface area contributed by atoms with Gasteiger partial charge < -0.3 is 25.4 Å². The zero-order valence-electron chi connectivity index (χ0n) is 18.3. The zero-order chi connectivity index (χ0) is 22.6. The van der Waals surface area contributed by atoms with Crippen molar-refractivity contribution >= 4 is 5.96 Å². The van der Waals surface area contributed by atoms with Crippen LogP contribution in [-0.2, 0) is 6.42 Å². The van der Waals surface area contributed by atoms with E-state index in [1.807, 2.05) is 39.2 Å². The number of ether oxygens (including phenoxy) is 1. The van der Waals surface area contributed by atoms with Gasteiger partial charge in [0.15, 0.2) is 5.96 Å². The van der Waals surface area contributed by atoms with Crippen molar-refractivity contribution in [2.45, 2.75) is 32.1 Å². The van der Waals surface area contributed by atoms with Crippen molar-refractivity contribution in [2.24, 2.45) is 4.99 Å². The second-order valence-electron chi connectivity index (χ2n) is 7.37. The molecule has 0 aliphatic carbocycles. The first-order valence-electron chi connectivity index (χ1n) is 10.3. The summed E-state index contributed by atoms with van der Waals surface area (Å²) >= 11 is 0. The number of hydrogen-bond donors (Lipinski definition) is 3. The van der Waals surface area contributed by atoms with Gasteiger partial charge in [-0.1, -0.05) is 42.5 Å². The molecule has 6 nitrogen and oxygen atoms in total. The minimum Gasteiger partial charge on any atom is -0.435 e. The molecule has 2 aromatic rings. The average Bonchev–Trinajstić information content (AvgIpc) is 2.75. The fourth-order valence-electron chi connectivity index (χ4n) is 3.02. The molecule has 0 bridgehead atoms. The highest BCUT2D eigenvalue weighted by atomic mass is 19.3. The number of nitrogens with one attached hydrogen (secondary N) is 2. The van der Waals surface area contributed by atoms with E-state index in [0.717, 1.165) is 6.42 Å². The summed E-state index contributed by atoms with van der Waals surface area (Å²) in [6.07, 6.45) is 0.0604. The molecule has 3 N–H and O–H groups in total. The quantitative estimate of drug-likeness (QED) is 0.375. The maximum absolute atomic E-state index is 12.3. The summed E-state index contributed by atoms with van der Waals surface area (Å²) in [4.78, 5) is 6.83. The maximum atomic E-state index is 12.3. The Morgan fingerprint density at radius 2 is 1.74 bits per heavy atom. The van der Waals surface area contributed by atoms with E-state index in [-0.39, 0.29) is 18.3 Å². The summed E-state index contributed by atoms with van der Waals surface area (Å²) in [7, 11) is 4.07. The monoisotopic (exact) mass is 434 g/mol. The van der Waals surface area contributed by atoms with E-state index in [1.165, 1.54) is 17.7 Å². The van der Waals surface area contributed by atoms with Crippen LogP contribution in [0.3, 0.4) is 0 Å². The lowest BCUT2D eigenvalue weighted by atomic mass is 10.1. The van der Waals surface area contributed by atoms with Crippen LogP contribution >= 0.6 is 0 Å². The summed E-state index contributed by atoms with van der Waals surface area (Å²) in [6.45, 7) is 0.610. The lowest BCUT2D eigenvalue weighted by molar-refractivity contribution is -0.0498. The van der Waals surface area contributed by atoms with Crippen LogP contribution in [0.4, 0.5) is 8.78 Å². The van der Waals surface area contributed by atoms with Crippen LogP contribution in [0.1, 0.15) is 24.2 Å². The standard InChI is InChI=1S/C23H32F2N4O2/c1-4-26-23(27-15-19(29(2)3)14-17-8-6-5-7-9-17)28-16-21(30)18-10-12-20(13-11-18)31-22(24)25/h5-13,19,21-22,30H,4,14-16H2,1-3H3,(H2,26,27,28). The van der Waals surface area contributed by atoms with Crippen molar-refractivity contribution in [3.63, 3.8) is 0 Å². The number of aliphatic hydroxyl groups excluding tert-OH is 1. The van der Waals surface area contributed by atoms with E-state index in [4.69, 9.17) is 0 Å². The number of aliphatic hydroxyl groups is 1. The number of likely N-dealkylation sites (N-methyl/N-ethyl adjacent to an activating group) is 1. The molecule has 2 atom stereocenters. The normalized spacial score (nSPS) is 13.9. The molecule has 2 aromatic carbocycles. The molecular weight excluding hydrogens is 402 g/mol. The smallest absolute Gasteiger partial charge is 0.387 e. The predicted molar refractivity (Wildman–Crippen MR) is 120 cm³/mol. The highest BCUT2D eigenvalue weighted by Crippen LogP contribution is 2.19. The first-order valence-corrected chi connectivity index (χ1v) is 10.3. The van der Waals surface area contributed by atoms with Crippen molar-refractivity contribution < 1.29 is 18.6 Å². The number of halogens is 2. The van der Waals surface area contributed by atoms with Gasteiger partial charge in [0.1, 0.15) is 5.75 Å². The number of rotatable bonds is 11. The van der Waals surface area contributed by atoms with Crippen molar-refractivity contribution in [2.75, 3.05) is 33.7 Å². The van der Waals surface area contributed by atoms with E-state index in [2.05, 4.69) is 37.4 Å². The first kappa shape index (κ1) is 24.6. The molecule has 0 aliphatic rings. The van der Waals surface area contributed by atoms with Crippen molar-refractivity contribution in [3.05, 3.63) is 65.7 Å². The third-order valence-electron chi connectivity index (χ3n) is 4.80. The van der Waals surface area contributed by atoms with Crippen LogP contribution in [0, 0.1) is 0 Å². The van der Waals surface area contributed by atoms with E-state index in [9.17, 15) is 13.9 Å². The number of guanidine groups is 1. The fourth-order valence-corrected chi connectivity index (χ4v) is 3.02. The molecule has 0 saturated carbocycles. The molecule has 2 unspecified atom stereocenters. The summed E-state index contributed by atoms with van der Waals surface area (Å²) in [6, 6.07) is 16.5. The molecule has 0 heterocycles. The number of alkyl halides is 2. The Balaban J connectivity index is 1.94. The SMILES string of the molecule is CCNC(=NCC(Cc1ccccc1)N(C)C)NCC(O)c1ccc(OC(F)F)cc1. The molecule has 0 radical (unpaired) electrons. The van der Waals surface area contributed by atoms with E-state index < -0.39 is 12.7 Å². The Hall–Kier alpha value is -2.71. The van der Waals surface area contributed by atoms with Gasteiger partial charge in [-0.2, -0.15) is 8.78 Å². The summed E-state index contributed by atoms with van der Waals surface area (Å²) in [5, 5.41) is 16.8. The minimum atomic E-state index is -2.87. The average molecular weight is 435 g/mol. The lowest BCUT2D eigenvalue weighted by Crippen LogP contribution is -2.41. The molecule has 0 fully saturated rings. The maximum Gasteiger partial charge on any atom is 0.387 e. The summed E-state index contributed by atoms with van der Waals surface area (Å²) in [5.41, 5.74) is 1.85. The summed E-state index contributed by atoms with van der Waals surface area (Å²) in [5.74, 6) is 0.668. The molecule has 0 amide bonds. The second kappa shape index (κ2) is 12.9. The van der Waals surface area contributed by atoms with Gasteiger partial charge in [-0.25, -0.2) is 0 Å². The highest BCUT2D eigenvalue weighted by molar-refractivity contribution is 5.79. The Bertz CT molecular complexity index is 786. The first-order chi connectivity index (χ1) is 14.9. The highest BCUT2D eigenvalue weighted by Gasteiger charge is 2.14. The molecule has 8 heteroatoms. The molecular formula is C23H32F2N4O2. The molecule has 2 rings (SSSR count). The fraction of sp³-hybridized carbons (Fsp3) is 0.435. The predicted octanol–water partition coefficient (Wildman–Crippen LogP) is 3.05. The zero-order valence-corrected chi connectivity index (χ0v) is 18.3. The molecule has 0 aliphatic heterocycles. The van der Waals surface area contributed by atoms with Crippen LogP contribution in [0.25, 0.3) is 0 Å². The third kappa shape index (κ3) is 8.90. The van der Waals surface area contributed by atoms with Crippen LogP contribution in [0.15, 0.2) is 59.6 Å². The largest absolute Gasteiger partial charge is 0.435 e. The Morgan fingerprint density at radius 3 is 2.32 bits per heavy atom. The number of aliphatic imine (C=N–C) groups is 1. The molecule has 0 spiro atoms. The number of nitrogens with zero attached hydrogens (tertiary/aromatic N) is 2. The van der Waals surface area contributed by atoms with Crippen LogP contribution < -0.4 is 15.4 Å². The van der Waals surface area contributed by atoms with Crippen molar-refractivity contribution in [1.29, 1.82) is 0 Å². The molecule has 170 valence electrons. The minimum absolute atomic E-state index is 0.0574. The van der Waals surface area contributed by atoms with Gasteiger partial charge in [0, 0.05) is 19.1 Å². The van der Waals surface area contributed by atoms with E-state index in [1.54, 1.807) is 12.1 Å². The Labute approximate surface area is 182 Å². The molecule has 0 saturated heterocycles. The van der Waals surface area contributed by atoms with Gasteiger partial charge in [0.2, 0.25) is 0 Å². The van der Waals surface area contributed by atoms with Gasteiger partial charge in [0.05, 0.1) is 12.6 Å². The summed E-state index contributed by atoms with van der Waals surface area (Å²) < 4.78 is 28.8. The topological polar surface area (TPSA) is 69.1 Å². The Morgan fingerprint density at radius 1 is 1.06 bits per heavy atom. The van der Waals surface area contributed by atoms with Crippen molar-refractivity contribution in [1.82, 2.24) is 15.5 Å².